The van der Waals surface area contributed by atoms with Gasteiger partial charge < -0.3 is 5.11 Å². The predicted molar refractivity (Wildman–Crippen MR) is 84.9 cm³/mol. The summed E-state index contributed by atoms with van der Waals surface area (Å²) >= 11 is 12.1. The van der Waals surface area contributed by atoms with E-state index in [1.807, 2.05) is 6.92 Å². The molecule has 1 atom stereocenters. The van der Waals surface area contributed by atoms with Gasteiger partial charge in [0.1, 0.15) is 12.7 Å². The average Bonchev–Trinajstić information content (AvgIpc) is 2.97. The molecule has 1 unspecified atom stereocenters. The normalized spacial score (nSPS) is 13.8. The summed E-state index contributed by atoms with van der Waals surface area (Å²) in [5, 5.41) is 15.7. The third kappa shape index (κ3) is 3.66. The van der Waals surface area contributed by atoms with Crippen LogP contribution in [0.4, 0.5) is 0 Å². The zero-order valence-electron chi connectivity index (χ0n) is 12.2. The van der Waals surface area contributed by atoms with Crippen molar-refractivity contribution in [2.75, 3.05) is 0 Å². The number of nitrogens with zero attached hydrogens (tertiary/aromatic N) is 3. The minimum atomic E-state index is -1.76. The number of halogens is 2. The number of aromatic nitrogens is 3. The Morgan fingerprint density at radius 1 is 1.41 bits per heavy atom. The van der Waals surface area contributed by atoms with Gasteiger partial charge in [0, 0.05) is 22.0 Å². The van der Waals surface area contributed by atoms with Crippen molar-refractivity contribution >= 4 is 29.0 Å². The number of hydrogen-bond donors (Lipinski definition) is 1. The van der Waals surface area contributed by atoms with E-state index >= 15 is 0 Å². The second-order valence-corrected chi connectivity index (χ2v) is 5.95. The molecule has 2 aromatic rings. The molecular formula is C15H17Cl2N3O2. The molecule has 0 amide bonds. The van der Waals surface area contributed by atoms with E-state index in [0.29, 0.717) is 17.0 Å². The third-order valence-corrected chi connectivity index (χ3v) is 4.00. The van der Waals surface area contributed by atoms with Crippen LogP contribution in [0.1, 0.15) is 31.7 Å². The van der Waals surface area contributed by atoms with Crippen molar-refractivity contribution in [3.8, 4) is 0 Å². The van der Waals surface area contributed by atoms with Crippen LogP contribution in [-0.2, 0) is 16.9 Å². The first-order chi connectivity index (χ1) is 10.5. The standard InChI is InChI=1S/C15H17Cl2N3O2/c1-2-3-4-14(21)15(22,8-20-10-18-9-19-20)12-6-5-11(16)7-13(12)17/h5-7,9-10,22H,2-4,8H2,1H3. The van der Waals surface area contributed by atoms with Crippen LogP contribution in [0.3, 0.4) is 0 Å². The highest BCUT2D eigenvalue weighted by molar-refractivity contribution is 6.35. The summed E-state index contributed by atoms with van der Waals surface area (Å²) in [5.41, 5.74) is -1.43. The van der Waals surface area contributed by atoms with E-state index in [9.17, 15) is 9.90 Å². The van der Waals surface area contributed by atoms with E-state index in [1.165, 1.54) is 23.4 Å². The lowest BCUT2D eigenvalue weighted by Crippen LogP contribution is -2.40. The SMILES string of the molecule is CCCCC(=O)C(O)(Cn1cncn1)c1ccc(Cl)cc1Cl. The molecule has 1 aromatic heterocycles. The van der Waals surface area contributed by atoms with Gasteiger partial charge in [-0.05, 0) is 18.6 Å². The minimum absolute atomic E-state index is 0.0447. The van der Waals surface area contributed by atoms with Gasteiger partial charge in [-0.3, -0.25) is 4.79 Å². The zero-order valence-corrected chi connectivity index (χ0v) is 13.7. The van der Waals surface area contributed by atoms with Gasteiger partial charge in [0.25, 0.3) is 0 Å². The van der Waals surface area contributed by atoms with Crippen molar-refractivity contribution in [2.45, 2.75) is 38.3 Å². The Hall–Kier alpha value is -1.43. The van der Waals surface area contributed by atoms with Crippen LogP contribution in [0.5, 0.6) is 0 Å². The monoisotopic (exact) mass is 341 g/mol. The maximum Gasteiger partial charge on any atom is 0.170 e. The van der Waals surface area contributed by atoms with Crippen LogP contribution < -0.4 is 0 Å². The fourth-order valence-corrected chi connectivity index (χ4v) is 2.81. The fourth-order valence-electron chi connectivity index (χ4n) is 2.24. The number of benzene rings is 1. The van der Waals surface area contributed by atoms with Gasteiger partial charge >= 0.3 is 0 Å². The number of aliphatic hydroxyl groups is 1. The number of carbonyl (C=O) groups is 1. The summed E-state index contributed by atoms with van der Waals surface area (Å²) in [4.78, 5) is 16.4. The highest BCUT2D eigenvalue weighted by Gasteiger charge is 2.39. The first-order valence-corrected chi connectivity index (χ1v) is 7.76. The van der Waals surface area contributed by atoms with Gasteiger partial charge in [0.15, 0.2) is 11.4 Å². The van der Waals surface area contributed by atoms with E-state index in [0.717, 1.165) is 6.42 Å². The van der Waals surface area contributed by atoms with Gasteiger partial charge in [-0.15, -0.1) is 0 Å². The molecule has 0 aliphatic carbocycles. The summed E-state index contributed by atoms with van der Waals surface area (Å²) in [5.74, 6) is -0.297. The minimum Gasteiger partial charge on any atom is -0.375 e. The number of ketones is 1. The molecule has 5 nitrogen and oxygen atoms in total. The van der Waals surface area contributed by atoms with Crippen LogP contribution in [0, 0.1) is 0 Å². The Morgan fingerprint density at radius 3 is 2.77 bits per heavy atom. The topological polar surface area (TPSA) is 68.0 Å². The number of Topliss-reactive ketones (excluding diaryl/α,β-unsaturated/α-hetero) is 1. The molecule has 118 valence electrons. The van der Waals surface area contributed by atoms with Gasteiger partial charge in [-0.2, -0.15) is 5.10 Å². The molecule has 1 heterocycles. The third-order valence-electron chi connectivity index (χ3n) is 3.45. The Bertz CT molecular complexity index is 646. The van der Waals surface area contributed by atoms with Crippen LogP contribution in [0.2, 0.25) is 10.0 Å². The molecule has 2 rings (SSSR count). The number of rotatable bonds is 7. The van der Waals surface area contributed by atoms with Crippen LogP contribution in [0.25, 0.3) is 0 Å². The maximum atomic E-state index is 12.6. The molecule has 0 fully saturated rings. The van der Waals surface area contributed by atoms with E-state index in [4.69, 9.17) is 23.2 Å². The lowest BCUT2D eigenvalue weighted by atomic mass is 9.86. The molecular weight excluding hydrogens is 325 g/mol. The first kappa shape index (κ1) is 16.9. The lowest BCUT2D eigenvalue weighted by Gasteiger charge is -2.28. The molecule has 0 bridgehead atoms. The van der Waals surface area contributed by atoms with Gasteiger partial charge in [0.2, 0.25) is 0 Å². The molecule has 22 heavy (non-hydrogen) atoms. The molecule has 7 heteroatoms. The number of unbranched alkanes of at least 4 members (excludes halogenated alkanes) is 1. The van der Waals surface area contributed by atoms with E-state index < -0.39 is 5.60 Å². The number of carbonyl (C=O) groups excluding carboxylic acids is 1. The largest absolute Gasteiger partial charge is 0.375 e. The van der Waals surface area contributed by atoms with Crippen molar-refractivity contribution in [3.63, 3.8) is 0 Å². The number of hydrogen-bond acceptors (Lipinski definition) is 4. The fraction of sp³-hybridized carbons (Fsp3) is 0.400. The van der Waals surface area contributed by atoms with E-state index in [2.05, 4.69) is 10.1 Å². The van der Waals surface area contributed by atoms with Crippen molar-refractivity contribution in [1.29, 1.82) is 0 Å². The lowest BCUT2D eigenvalue weighted by molar-refractivity contribution is -0.140. The molecule has 0 saturated carbocycles. The maximum absolute atomic E-state index is 12.6. The Kier molecular flexibility index (Phi) is 5.56. The molecule has 1 N–H and O–H groups in total. The van der Waals surface area contributed by atoms with E-state index in [-0.39, 0.29) is 23.8 Å². The van der Waals surface area contributed by atoms with Crippen LogP contribution >= 0.6 is 23.2 Å². The molecule has 0 saturated heterocycles. The van der Waals surface area contributed by atoms with Gasteiger partial charge in [0.05, 0.1) is 6.54 Å². The smallest absolute Gasteiger partial charge is 0.170 e. The second-order valence-electron chi connectivity index (χ2n) is 5.10. The summed E-state index contributed by atoms with van der Waals surface area (Å²) in [7, 11) is 0. The molecule has 0 aliphatic heterocycles. The van der Waals surface area contributed by atoms with Crippen molar-refractivity contribution < 1.29 is 9.90 Å². The van der Waals surface area contributed by atoms with Crippen molar-refractivity contribution in [2.24, 2.45) is 0 Å². The summed E-state index contributed by atoms with van der Waals surface area (Å²) in [6, 6.07) is 4.69. The first-order valence-electron chi connectivity index (χ1n) is 7.01. The Labute approximate surface area is 138 Å². The van der Waals surface area contributed by atoms with Crippen molar-refractivity contribution in [3.05, 3.63) is 46.5 Å². The van der Waals surface area contributed by atoms with E-state index in [1.54, 1.807) is 12.1 Å². The highest BCUT2D eigenvalue weighted by Crippen LogP contribution is 2.33. The second kappa shape index (κ2) is 7.22. The van der Waals surface area contributed by atoms with Gasteiger partial charge in [-0.25, -0.2) is 9.67 Å². The van der Waals surface area contributed by atoms with Crippen molar-refractivity contribution in [1.82, 2.24) is 14.8 Å². The van der Waals surface area contributed by atoms with Gasteiger partial charge in [-0.1, -0.05) is 42.6 Å². The summed E-state index contributed by atoms with van der Waals surface area (Å²) in [6.07, 6.45) is 4.62. The summed E-state index contributed by atoms with van der Waals surface area (Å²) in [6.45, 7) is 1.94. The molecule has 1 aromatic carbocycles. The Morgan fingerprint density at radius 2 is 2.18 bits per heavy atom. The average molecular weight is 342 g/mol. The molecule has 0 aliphatic rings. The zero-order chi connectivity index (χ0) is 16.2. The summed E-state index contributed by atoms with van der Waals surface area (Å²) < 4.78 is 1.41. The quantitative estimate of drug-likeness (QED) is 0.839. The molecule has 0 radical (unpaired) electrons. The molecule has 0 spiro atoms. The predicted octanol–water partition coefficient (Wildman–Crippen LogP) is 3.23. The van der Waals surface area contributed by atoms with Crippen LogP contribution in [-0.4, -0.2) is 25.7 Å². The van der Waals surface area contributed by atoms with Crippen LogP contribution in [0.15, 0.2) is 30.9 Å². The highest BCUT2D eigenvalue weighted by atomic mass is 35.5. The Balaban J connectivity index is 2.41.